The lowest BCUT2D eigenvalue weighted by Crippen LogP contribution is -2.39. The first kappa shape index (κ1) is 17.6. The number of nitrogens with zero attached hydrogens (tertiary/aromatic N) is 2. The highest BCUT2D eigenvalue weighted by atomic mass is 16.5. The zero-order chi connectivity index (χ0) is 16.7. The van der Waals surface area contributed by atoms with Gasteiger partial charge in [-0.1, -0.05) is 31.7 Å². The van der Waals surface area contributed by atoms with Gasteiger partial charge in [0.15, 0.2) is 5.96 Å². The van der Waals surface area contributed by atoms with E-state index in [2.05, 4.69) is 15.3 Å². The van der Waals surface area contributed by atoms with Crippen LogP contribution in [0.5, 0.6) is 5.88 Å². The van der Waals surface area contributed by atoms with Crippen molar-refractivity contribution < 1.29 is 4.74 Å². The minimum absolute atomic E-state index is 0.236. The first-order chi connectivity index (χ1) is 10.9. The first-order valence-corrected chi connectivity index (χ1v) is 8.63. The number of nitrogens with one attached hydrogen (secondary N) is 1. The zero-order valence-electron chi connectivity index (χ0n) is 14.6. The summed E-state index contributed by atoms with van der Waals surface area (Å²) in [7, 11) is 0. The fourth-order valence-electron chi connectivity index (χ4n) is 2.73. The molecule has 1 heterocycles. The third-order valence-corrected chi connectivity index (χ3v) is 3.85. The maximum Gasteiger partial charge on any atom is 0.213 e. The van der Waals surface area contributed by atoms with E-state index in [1.807, 2.05) is 32.9 Å². The van der Waals surface area contributed by atoms with E-state index in [1.165, 1.54) is 38.5 Å². The van der Waals surface area contributed by atoms with Gasteiger partial charge in [-0.3, -0.25) is 0 Å². The molecule has 23 heavy (non-hydrogen) atoms. The van der Waals surface area contributed by atoms with Crippen molar-refractivity contribution in [3.8, 4) is 5.88 Å². The highest BCUT2D eigenvalue weighted by Crippen LogP contribution is 2.17. The van der Waals surface area contributed by atoms with Crippen LogP contribution in [-0.4, -0.2) is 22.6 Å². The van der Waals surface area contributed by atoms with Gasteiger partial charge in [0.2, 0.25) is 5.88 Å². The Bertz CT molecular complexity index is 497. The number of aliphatic imine (C=N–C) groups is 1. The van der Waals surface area contributed by atoms with Gasteiger partial charge in [0.05, 0.1) is 6.54 Å². The molecule has 0 bridgehead atoms. The van der Waals surface area contributed by atoms with E-state index in [-0.39, 0.29) is 5.60 Å². The smallest absolute Gasteiger partial charge is 0.213 e. The third kappa shape index (κ3) is 6.89. The molecule has 1 aliphatic carbocycles. The molecule has 1 aromatic heterocycles. The average Bonchev–Trinajstić information content (AvgIpc) is 2.73. The molecule has 5 heteroatoms. The number of aromatic nitrogens is 1. The fourth-order valence-corrected chi connectivity index (χ4v) is 2.73. The van der Waals surface area contributed by atoms with Crippen molar-refractivity contribution in [1.82, 2.24) is 10.3 Å². The Morgan fingerprint density at radius 1 is 1.26 bits per heavy atom. The van der Waals surface area contributed by atoms with Gasteiger partial charge in [-0.25, -0.2) is 9.98 Å². The summed E-state index contributed by atoms with van der Waals surface area (Å²) in [6, 6.07) is 4.34. The SMILES string of the molecule is CC(C)(C)Oc1ccc(CN=C(N)NC2CCCCCC2)cn1. The maximum atomic E-state index is 6.01. The van der Waals surface area contributed by atoms with Crippen LogP contribution >= 0.6 is 0 Å². The molecule has 3 N–H and O–H groups in total. The van der Waals surface area contributed by atoms with Gasteiger partial charge < -0.3 is 15.8 Å². The van der Waals surface area contributed by atoms with Crippen LogP contribution in [0.3, 0.4) is 0 Å². The van der Waals surface area contributed by atoms with Crippen molar-refractivity contribution in [1.29, 1.82) is 0 Å². The molecule has 0 amide bonds. The lowest BCUT2D eigenvalue weighted by atomic mass is 10.1. The third-order valence-electron chi connectivity index (χ3n) is 3.85. The Morgan fingerprint density at radius 3 is 2.52 bits per heavy atom. The molecule has 1 aromatic rings. The van der Waals surface area contributed by atoms with Crippen LogP contribution in [0.25, 0.3) is 0 Å². The maximum absolute atomic E-state index is 6.01. The van der Waals surface area contributed by atoms with E-state index in [1.54, 1.807) is 6.20 Å². The Kier molecular flexibility index (Phi) is 6.25. The van der Waals surface area contributed by atoms with Crippen LogP contribution in [0.1, 0.15) is 64.9 Å². The Balaban J connectivity index is 1.83. The molecule has 5 nitrogen and oxygen atoms in total. The highest BCUT2D eigenvalue weighted by molar-refractivity contribution is 5.78. The predicted molar refractivity (Wildman–Crippen MR) is 94.6 cm³/mol. The molecule has 1 fully saturated rings. The second kappa shape index (κ2) is 8.18. The van der Waals surface area contributed by atoms with Crippen molar-refractivity contribution in [2.45, 2.75) is 77.5 Å². The Morgan fingerprint density at radius 2 is 1.96 bits per heavy atom. The summed E-state index contributed by atoms with van der Waals surface area (Å²) in [5.74, 6) is 1.17. The summed E-state index contributed by atoms with van der Waals surface area (Å²) < 4.78 is 5.71. The van der Waals surface area contributed by atoms with E-state index in [0.717, 1.165) is 5.56 Å². The molecule has 0 unspecified atom stereocenters. The van der Waals surface area contributed by atoms with E-state index in [0.29, 0.717) is 24.4 Å². The van der Waals surface area contributed by atoms with Gasteiger partial charge in [-0.2, -0.15) is 0 Å². The molecule has 2 rings (SSSR count). The van der Waals surface area contributed by atoms with Crippen molar-refractivity contribution in [3.63, 3.8) is 0 Å². The summed E-state index contributed by atoms with van der Waals surface area (Å²) in [5, 5.41) is 3.35. The number of rotatable bonds is 4. The lowest BCUT2D eigenvalue weighted by molar-refractivity contribution is 0.124. The quantitative estimate of drug-likeness (QED) is 0.507. The van der Waals surface area contributed by atoms with Crippen LogP contribution in [-0.2, 0) is 6.54 Å². The second-order valence-corrected chi connectivity index (χ2v) is 7.25. The van der Waals surface area contributed by atoms with Crippen molar-refractivity contribution >= 4 is 5.96 Å². The lowest BCUT2D eigenvalue weighted by Gasteiger charge is -2.20. The van der Waals surface area contributed by atoms with Gasteiger partial charge >= 0.3 is 0 Å². The number of pyridine rings is 1. The molecule has 0 saturated heterocycles. The molecule has 0 aromatic carbocycles. The highest BCUT2D eigenvalue weighted by Gasteiger charge is 2.13. The average molecular weight is 318 g/mol. The zero-order valence-corrected chi connectivity index (χ0v) is 14.6. The molecule has 0 atom stereocenters. The summed E-state index contributed by atoms with van der Waals surface area (Å²) in [4.78, 5) is 8.74. The second-order valence-electron chi connectivity index (χ2n) is 7.25. The molecular formula is C18H30N4O. The predicted octanol–water partition coefficient (Wildman–Crippen LogP) is 3.39. The van der Waals surface area contributed by atoms with Crippen molar-refractivity contribution in [2.24, 2.45) is 10.7 Å². The Hall–Kier alpha value is -1.78. The van der Waals surface area contributed by atoms with Gasteiger partial charge in [0, 0.05) is 18.3 Å². The summed E-state index contributed by atoms with van der Waals surface area (Å²) >= 11 is 0. The van der Waals surface area contributed by atoms with Gasteiger partial charge in [-0.05, 0) is 39.2 Å². The van der Waals surface area contributed by atoms with Gasteiger partial charge in [0.1, 0.15) is 5.60 Å². The van der Waals surface area contributed by atoms with E-state index < -0.39 is 0 Å². The summed E-state index contributed by atoms with van der Waals surface area (Å²) in [5.41, 5.74) is 6.80. The number of hydrogen-bond acceptors (Lipinski definition) is 3. The largest absolute Gasteiger partial charge is 0.472 e. The summed E-state index contributed by atoms with van der Waals surface area (Å²) in [6.07, 6.45) is 9.42. The van der Waals surface area contributed by atoms with Crippen LogP contribution in [0.4, 0.5) is 0 Å². The van der Waals surface area contributed by atoms with Crippen molar-refractivity contribution in [3.05, 3.63) is 23.9 Å². The molecule has 0 aliphatic heterocycles. The van der Waals surface area contributed by atoms with Crippen molar-refractivity contribution in [2.75, 3.05) is 0 Å². The molecule has 0 radical (unpaired) electrons. The van der Waals surface area contributed by atoms with E-state index in [9.17, 15) is 0 Å². The molecule has 0 spiro atoms. The first-order valence-electron chi connectivity index (χ1n) is 8.63. The monoisotopic (exact) mass is 318 g/mol. The van der Waals surface area contributed by atoms with Crippen LogP contribution < -0.4 is 15.8 Å². The van der Waals surface area contributed by atoms with E-state index in [4.69, 9.17) is 10.5 Å². The number of guanidine groups is 1. The minimum Gasteiger partial charge on any atom is -0.472 e. The molecule has 128 valence electrons. The number of ether oxygens (including phenoxy) is 1. The van der Waals surface area contributed by atoms with Crippen LogP contribution in [0, 0.1) is 0 Å². The van der Waals surface area contributed by atoms with E-state index >= 15 is 0 Å². The van der Waals surface area contributed by atoms with Gasteiger partial charge in [0.25, 0.3) is 0 Å². The van der Waals surface area contributed by atoms with Crippen LogP contribution in [0.15, 0.2) is 23.3 Å². The topological polar surface area (TPSA) is 72.5 Å². The standard InChI is InChI=1S/C18H30N4O/c1-18(2,3)23-16-11-10-14(12-20-16)13-21-17(19)22-15-8-6-4-5-7-9-15/h10-12,15H,4-9,13H2,1-3H3,(H3,19,21,22). The fraction of sp³-hybridized carbons (Fsp3) is 0.667. The normalized spacial score (nSPS) is 17.6. The minimum atomic E-state index is -0.236. The molecular weight excluding hydrogens is 288 g/mol. The van der Waals surface area contributed by atoms with Gasteiger partial charge in [-0.15, -0.1) is 0 Å². The molecule has 1 aliphatic rings. The van der Waals surface area contributed by atoms with Crippen LogP contribution in [0.2, 0.25) is 0 Å². The number of nitrogens with two attached hydrogens (primary N) is 1. The Labute approximate surface area is 139 Å². The molecule has 1 saturated carbocycles. The summed E-state index contributed by atoms with van der Waals surface area (Å²) in [6.45, 7) is 6.56. The number of hydrogen-bond donors (Lipinski definition) is 2.